The second kappa shape index (κ2) is 4.23. The van der Waals surface area contributed by atoms with Gasteiger partial charge in [0.15, 0.2) is 5.78 Å². The molecule has 1 rings (SSSR count). The van der Waals surface area contributed by atoms with Crippen molar-refractivity contribution in [2.24, 2.45) is 0 Å². The van der Waals surface area contributed by atoms with Crippen LogP contribution in [0.4, 0.5) is 0 Å². The molecular formula is C9H9ClO3. The van der Waals surface area contributed by atoms with Crippen LogP contribution in [-0.2, 0) is 14.3 Å². The van der Waals surface area contributed by atoms with E-state index in [0.29, 0.717) is 17.6 Å². The molecule has 0 radical (unpaired) electrons. The first-order valence-electron chi connectivity index (χ1n) is 3.77. The Balaban J connectivity index is 2.70. The van der Waals surface area contributed by atoms with Gasteiger partial charge in [0, 0.05) is 11.1 Å². The van der Waals surface area contributed by atoms with Crippen molar-refractivity contribution in [1.29, 1.82) is 0 Å². The lowest BCUT2D eigenvalue weighted by molar-refractivity contribution is -0.136. The number of Topliss-reactive ketones (excluding diaryl/α,β-unsaturated/α-hetero) is 1. The first-order chi connectivity index (χ1) is 6.19. The number of alkyl halides is 1. The van der Waals surface area contributed by atoms with Gasteiger partial charge in [-0.05, 0) is 12.5 Å². The molecule has 1 aliphatic rings. The van der Waals surface area contributed by atoms with Crippen molar-refractivity contribution < 1.29 is 14.3 Å². The maximum absolute atomic E-state index is 11.1. The Morgan fingerprint density at radius 1 is 1.62 bits per heavy atom. The summed E-state index contributed by atoms with van der Waals surface area (Å²) in [5, 5.41) is 0. The zero-order valence-corrected chi connectivity index (χ0v) is 7.93. The molecule has 0 aliphatic heterocycles. The number of rotatable bonds is 3. The lowest BCUT2D eigenvalue weighted by Crippen LogP contribution is -2.03. The van der Waals surface area contributed by atoms with Crippen molar-refractivity contribution >= 4 is 23.4 Å². The van der Waals surface area contributed by atoms with E-state index in [1.807, 2.05) is 0 Å². The van der Waals surface area contributed by atoms with Gasteiger partial charge in [-0.25, -0.2) is 4.79 Å². The summed E-state index contributed by atoms with van der Waals surface area (Å²) >= 11 is 5.36. The van der Waals surface area contributed by atoms with Gasteiger partial charge in [0.25, 0.3) is 0 Å². The predicted molar refractivity (Wildman–Crippen MR) is 48.5 cm³/mol. The van der Waals surface area contributed by atoms with Gasteiger partial charge in [0.1, 0.15) is 0 Å². The fraction of sp³-hybridized carbons (Fsp3) is 0.333. The fourth-order valence-electron chi connectivity index (χ4n) is 1.07. The Bertz CT molecular complexity index is 302. The van der Waals surface area contributed by atoms with Crippen molar-refractivity contribution in [3.63, 3.8) is 0 Å². The van der Waals surface area contributed by atoms with E-state index < -0.39 is 5.97 Å². The largest absolute Gasteiger partial charge is 0.466 e. The molecule has 13 heavy (non-hydrogen) atoms. The average Bonchev–Trinajstić information content (AvgIpc) is 2.64. The molecule has 0 bridgehead atoms. The van der Waals surface area contributed by atoms with E-state index in [4.69, 9.17) is 11.6 Å². The molecule has 0 fully saturated rings. The minimum atomic E-state index is -0.395. The van der Waals surface area contributed by atoms with Crippen molar-refractivity contribution in [2.45, 2.75) is 6.42 Å². The first kappa shape index (κ1) is 9.99. The number of ether oxygens (including phenoxy) is 1. The maximum atomic E-state index is 11.1. The van der Waals surface area contributed by atoms with Gasteiger partial charge in [-0.15, -0.1) is 11.6 Å². The van der Waals surface area contributed by atoms with Crippen LogP contribution in [0.2, 0.25) is 0 Å². The van der Waals surface area contributed by atoms with E-state index in [1.54, 1.807) is 6.08 Å². The lowest BCUT2D eigenvalue weighted by Gasteiger charge is -1.96. The van der Waals surface area contributed by atoms with E-state index in [1.165, 1.54) is 13.2 Å². The van der Waals surface area contributed by atoms with Crippen molar-refractivity contribution in [1.82, 2.24) is 0 Å². The van der Waals surface area contributed by atoms with Crippen LogP contribution in [0.5, 0.6) is 0 Å². The summed E-state index contributed by atoms with van der Waals surface area (Å²) in [4.78, 5) is 22.1. The van der Waals surface area contributed by atoms with Crippen molar-refractivity contribution in [2.75, 3.05) is 13.0 Å². The highest BCUT2D eigenvalue weighted by molar-refractivity contribution is 6.31. The van der Waals surface area contributed by atoms with E-state index in [2.05, 4.69) is 4.74 Å². The van der Waals surface area contributed by atoms with Crippen LogP contribution < -0.4 is 0 Å². The van der Waals surface area contributed by atoms with Gasteiger partial charge in [-0.2, -0.15) is 0 Å². The van der Waals surface area contributed by atoms with Crippen LogP contribution in [0.15, 0.2) is 23.3 Å². The highest BCUT2D eigenvalue weighted by Crippen LogP contribution is 2.19. The minimum Gasteiger partial charge on any atom is -0.466 e. The molecule has 0 spiro atoms. The highest BCUT2D eigenvalue weighted by atomic mass is 35.5. The summed E-state index contributed by atoms with van der Waals surface area (Å²) in [5.41, 5.74) is 0.992. The number of carbonyl (C=O) groups is 2. The second-order valence-corrected chi connectivity index (χ2v) is 2.85. The zero-order chi connectivity index (χ0) is 9.84. The second-order valence-electron chi connectivity index (χ2n) is 2.58. The SMILES string of the molecule is COC(=O)C1=CC(C(=O)CCl)=CC1. The lowest BCUT2D eigenvalue weighted by atomic mass is 10.2. The molecular weight excluding hydrogens is 192 g/mol. The standard InChI is InChI=1S/C9H9ClO3/c1-13-9(12)7-3-2-6(4-7)8(11)5-10/h2,4H,3,5H2,1H3. The smallest absolute Gasteiger partial charge is 0.334 e. The molecule has 4 heteroatoms. The average molecular weight is 201 g/mol. The summed E-state index contributed by atoms with van der Waals surface area (Å²) in [7, 11) is 1.31. The number of allylic oxidation sites excluding steroid dienone is 3. The first-order valence-corrected chi connectivity index (χ1v) is 4.30. The third-order valence-electron chi connectivity index (χ3n) is 1.76. The Hall–Kier alpha value is -1.09. The third-order valence-corrected chi connectivity index (χ3v) is 2.01. The Morgan fingerprint density at radius 2 is 2.31 bits per heavy atom. The molecule has 0 aromatic carbocycles. The summed E-state index contributed by atoms with van der Waals surface area (Å²) in [6, 6.07) is 0. The summed E-state index contributed by atoms with van der Waals surface area (Å²) < 4.78 is 4.51. The van der Waals surface area contributed by atoms with E-state index in [9.17, 15) is 9.59 Å². The number of hydrogen-bond donors (Lipinski definition) is 0. The summed E-state index contributed by atoms with van der Waals surface area (Å²) in [6.07, 6.45) is 3.65. The van der Waals surface area contributed by atoms with Crippen LogP contribution in [-0.4, -0.2) is 24.7 Å². The minimum absolute atomic E-state index is 0.0587. The Morgan fingerprint density at radius 3 is 2.85 bits per heavy atom. The van der Waals surface area contributed by atoms with E-state index in [-0.39, 0.29) is 11.7 Å². The van der Waals surface area contributed by atoms with Gasteiger partial charge in [0.05, 0.1) is 13.0 Å². The van der Waals surface area contributed by atoms with Gasteiger partial charge in [0.2, 0.25) is 0 Å². The molecule has 0 unspecified atom stereocenters. The van der Waals surface area contributed by atoms with Gasteiger partial charge >= 0.3 is 5.97 Å². The molecule has 0 aromatic rings. The molecule has 0 heterocycles. The van der Waals surface area contributed by atoms with E-state index >= 15 is 0 Å². The number of carbonyl (C=O) groups excluding carboxylic acids is 2. The molecule has 0 N–H and O–H groups in total. The number of esters is 1. The number of halogens is 1. The van der Waals surface area contributed by atoms with Crippen LogP contribution in [0.25, 0.3) is 0 Å². The van der Waals surface area contributed by atoms with Crippen LogP contribution >= 0.6 is 11.6 Å². The molecule has 0 saturated heterocycles. The van der Waals surface area contributed by atoms with Crippen molar-refractivity contribution in [3.05, 3.63) is 23.3 Å². The molecule has 0 amide bonds. The van der Waals surface area contributed by atoms with Crippen molar-refractivity contribution in [3.8, 4) is 0 Å². The normalized spacial score (nSPS) is 14.9. The van der Waals surface area contributed by atoms with Gasteiger partial charge in [-0.1, -0.05) is 6.08 Å². The van der Waals surface area contributed by atoms with E-state index in [0.717, 1.165) is 0 Å². The zero-order valence-electron chi connectivity index (χ0n) is 7.17. The van der Waals surface area contributed by atoms with Crippen LogP contribution in [0.1, 0.15) is 6.42 Å². The Kier molecular flexibility index (Phi) is 3.25. The van der Waals surface area contributed by atoms with Crippen LogP contribution in [0.3, 0.4) is 0 Å². The highest BCUT2D eigenvalue weighted by Gasteiger charge is 2.17. The van der Waals surface area contributed by atoms with Gasteiger partial charge in [-0.3, -0.25) is 4.79 Å². The predicted octanol–water partition coefficient (Wildman–Crippen LogP) is 1.22. The molecule has 0 aromatic heterocycles. The third kappa shape index (κ3) is 2.18. The molecule has 70 valence electrons. The quantitative estimate of drug-likeness (QED) is 0.508. The summed E-state index contributed by atoms with van der Waals surface area (Å²) in [5.74, 6) is -0.620. The Labute approximate surface area is 81.0 Å². The number of hydrogen-bond acceptors (Lipinski definition) is 3. The van der Waals surface area contributed by atoms with Gasteiger partial charge < -0.3 is 4.74 Å². The molecule has 0 saturated carbocycles. The topological polar surface area (TPSA) is 43.4 Å². The maximum Gasteiger partial charge on any atom is 0.334 e. The number of methoxy groups -OCH3 is 1. The molecule has 3 nitrogen and oxygen atoms in total. The molecule has 1 aliphatic carbocycles. The monoisotopic (exact) mass is 200 g/mol. The molecule has 0 atom stereocenters. The summed E-state index contributed by atoms with van der Waals surface area (Å²) in [6.45, 7) is 0. The fourth-order valence-corrected chi connectivity index (χ4v) is 1.22. The van der Waals surface area contributed by atoms with Crippen LogP contribution in [0, 0.1) is 0 Å². The number of ketones is 1.